The Labute approximate surface area is 159 Å². The third-order valence-corrected chi connectivity index (χ3v) is 4.49. The summed E-state index contributed by atoms with van der Waals surface area (Å²) in [5, 5.41) is 4.17. The lowest BCUT2D eigenvalue weighted by Crippen LogP contribution is -2.16. The number of amides is 1. The van der Waals surface area contributed by atoms with Crippen LogP contribution < -0.4 is 10.1 Å². The molecule has 144 valence electrons. The molecule has 1 aliphatic heterocycles. The molecule has 1 aromatic carbocycles. The van der Waals surface area contributed by atoms with Gasteiger partial charge in [-0.05, 0) is 36.1 Å². The number of nitrogens with one attached hydrogen (secondary N) is 1. The highest BCUT2D eigenvalue weighted by Crippen LogP contribution is 2.27. The van der Waals surface area contributed by atoms with Crippen LogP contribution in [0.5, 0.6) is 5.88 Å². The Balaban J connectivity index is 1.52. The first-order valence-corrected chi connectivity index (χ1v) is 8.82. The number of aromatic nitrogens is 2. The molecule has 3 aromatic rings. The molecule has 0 saturated carbocycles. The predicted molar refractivity (Wildman–Crippen MR) is 98.3 cm³/mol. The largest absolute Gasteiger partial charge is 0.477 e. The molecule has 2 aromatic heterocycles. The van der Waals surface area contributed by atoms with Crippen LogP contribution in [-0.4, -0.2) is 35.7 Å². The van der Waals surface area contributed by atoms with Gasteiger partial charge in [-0.15, -0.1) is 0 Å². The lowest BCUT2D eigenvalue weighted by atomic mass is 10.1. The van der Waals surface area contributed by atoms with E-state index >= 15 is 0 Å². The second-order valence-electron chi connectivity index (χ2n) is 6.53. The van der Waals surface area contributed by atoms with Gasteiger partial charge in [-0.3, -0.25) is 4.79 Å². The van der Waals surface area contributed by atoms with Gasteiger partial charge in [-0.25, -0.2) is 18.7 Å². The van der Waals surface area contributed by atoms with Crippen LogP contribution in [0, 0.1) is 17.6 Å². The number of nitrogens with zero attached hydrogens (tertiary/aromatic N) is 2. The maximum Gasteiger partial charge on any atom is 0.277 e. The number of hydrogen-bond acceptors (Lipinski definition) is 5. The number of rotatable bonds is 5. The number of benzene rings is 1. The van der Waals surface area contributed by atoms with Crippen molar-refractivity contribution in [1.82, 2.24) is 9.97 Å². The molecule has 1 amide bonds. The van der Waals surface area contributed by atoms with Crippen molar-refractivity contribution in [3.8, 4) is 5.88 Å². The zero-order valence-corrected chi connectivity index (χ0v) is 14.8. The molecule has 1 unspecified atom stereocenters. The van der Waals surface area contributed by atoms with Gasteiger partial charge in [0.2, 0.25) is 5.88 Å². The zero-order chi connectivity index (χ0) is 19.5. The van der Waals surface area contributed by atoms with E-state index in [0.717, 1.165) is 30.0 Å². The maximum absolute atomic E-state index is 13.7. The Bertz CT molecular complexity index is 1020. The van der Waals surface area contributed by atoms with Gasteiger partial charge < -0.3 is 14.8 Å². The van der Waals surface area contributed by atoms with E-state index in [1.807, 2.05) is 0 Å². The molecule has 1 atom stereocenters. The molecule has 6 nitrogen and oxygen atoms in total. The first-order chi connectivity index (χ1) is 13.6. The molecule has 1 N–H and O–H groups in total. The average molecular weight is 385 g/mol. The molecule has 8 heteroatoms. The number of pyridine rings is 2. The number of carbonyl (C=O) groups excluding carboxylic acids is 1. The molecular formula is C20H17F2N3O3. The van der Waals surface area contributed by atoms with Crippen molar-refractivity contribution in [2.45, 2.75) is 6.42 Å². The topological polar surface area (TPSA) is 73.3 Å². The average Bonchev–Trinajstić information content (AvgIpc) is 3.19. The summed E-state index contributed by atoms with van der Waals surface area (Å²) in [5.41, 5.74) is -0.0246. The van der Waals surface area contributed by atoms with E-state index in [9.17, 15) is 13.6 Å². The van der Waals surface area contributed by atoms with Crippen LogP contribution in [0.4, 0.5) is 14.5 Å². The summed E-state index contributed by atoms with van der Waals surface area (Å²) in [7, 11) is 0. The van der Waals surface area contributed by atoms with Crippen molar-refractivity contribution in [3.05, 3.63) is 60.1 Å². The van der Waals surface area contributed by atoms with Crippen LogP contribution in [0.2, 0.25) is 0 Å². The number of anilines is 1. The fourth-order valence-electron chi connectivity index (χ4n) is 3.03. The van der Waals surface area contributed by atoms with Gasteiger partial charge in [0, 0.05) is 35.9 Å². The van der Waals surface area contributed by atoms with Crippen LogP contribution in [-0.2, 0) is 4.74 Å². The SMILES string of the molecule is O=C(Nc1ccc2c(OCC3CCOC3)nccc2c1)c1ncc(F)cc1F. The summed E-state index contributed by atoms with van der Waals surface area (Å²) in [4.78, 5) is 20.0. The van der Waals surface area contributed by atoms with E-state index in [0.29, 0.717) is 36.8 Å². The monoisotopic (exact) mass is 385 g/mol. The van der Waals surface area contributed by atoms with E-state index < -0.39 is 23.2 Å². The van der Waals surface area contributed by atoms with Gasteiger partial charge in [0.25, 0.3) is 5.91 Å². The van der Waals surface area contributed by atoms with E-state index in [1.165, 1.54) is 0 Å². The van der Waals surface area contributed by atoms with Gasteiger partial charge in [-0.2, -0.15) is 0 Å². The van der Waals surface area contributed by atoms with Crippen molar-refractivity contribution in [2.75, 3.05) is 25.1 Å². The van der Waals surface area contributed by atoms with Gasteiger partial charge in [0.1, 0.15) is 5.82 Å². The molecular weight excluding hydrogens is 368 g/mol. The first kappa shape index (κ1) is 18.2. The van der Waals surface area contributed by atoms with Gasteiger partial charge in [0.05, 0.1) is 19.4 Å². The summed E-state index contributed by atoms with van der Waals surface area (Å²) in [5.74, 6) is -1.76. The minimum atomic E-state index is -1.02. The number of carbonyl (C=O) groups is 1. The van der Waals surface area contributed by atoms with Crippen molar-refractivity contribution >= 4 is 22.4 Å². The Morgan fingerprint density at radius 2 is 2.14 bits per heavy atom. The van der Waals surface area contributed by atoms with Gasteiger partial charge in [-0.1, -0.05) is 0 Å². The Morgan fingerprint density at radius 3 is 2.93 bits per heavy atom. The summed E-state index contributed by atoms with van der Waals surface area (Å²) < 4.78 is 37.9. The van der Waals surface area contributed by atoms with Crippen LogP contribution in [0.25, 0.3) is 10.8 Å². The van der Waals surface area contributed by atoms with Crippen LogP contribution in [0.1, 0.15) is 16.9 Å². The molecule has 1 saturated heterocycles. The standard InChI is InChI=1S/C20H17F2N3O3/c21-14-8-17(22)18(24-9-14)19(26)25-15-1-2-16-13(7-15)3-5-23-20(16)28-11-12-4-6-27-10-12/h1-3,5,7-9,12H,4,6,10-11H2,(H,25,26). The third kappa shape index (κ3) is 3.91. The second-order valence-corrected chi connectivity index (χ2v) is 6.53. The number of hydrogen-bond donors (Lipinski definition) is 1. The highest BCUT2D eigenvalue weighted by molar-refractivity contribution is 6.04. The van der Waals surface area contributed by atoms with Crippen molar-refractivity contribution < 1.29 is 23.0 Å². The van der Waals surface area contributed by atoms with Crippen LogP contribution in [0.3, 0.4) is 0 Å². The molecule has 28 heavy (non-hydrogen) atoms. The molecule has 1 fully saturated rings. The fraction of sp³-hybridized carbons (Fsp3) is 0.250. The fourth-order valence-corrected chi connectivity index (χ4v) is 3.03. The molecule has 4 rings (SSSR count). The first-order valence-electron chi connectivity index (χ1n) is 8.82. The Kier molecular flexibility index (Phi) is 5.12. The van der Waals surface area contributed by atoms with Crippen LogP contribution in [0.15, 0.2) is 42.7 Å². The summed E-state index contributed by atoms with van der Waals surface area (Å²) in [6, 6.07) is 7.56. The lowest BCUT2D eigenvalue weighted by molar-refractivity contribution is 0.101. The minimum Gasteiger partial charge on any atom is -0.477 e. The van der Waals surface area contributed by atoms with Crippen LogP contribution >= 0.6 is 0 Å². The van der Waals surface area contributed by atoms with E-state index in [4.69, 9.17) is 9.47 Å². The van der Waals surface area contributed by atoms with Crippen molar-refractivity contribution in [2.24, 2.45) is 5.92 Å². The third-order valence-electron chi connectivity index (χ3n) is 4.49. The predicted octanol–water partition coefficient (Wildman–Crippen LogP) is 3.58. The number of fused-ring (bicyclic) bond motifs is 1. The summed E-state index contributed by atoms with van der Waals surface area (Å²) in [6.07, 6.45) is 3.38. The smallest absolute Gasteiger partial charge is 0.277 e. The summed E-state index contributed by atoms with van der Waals surface area (Å²) >= 11 is 0. The Morgan fingerprint density at radius 1 is 1.25 bits per heavy atom. The number of ether oxygens (including phenoxy) is 2. The van der Waals surface area contributed by atoms with Crippen molar-refractivity contribution in [3.63, 3.8) is 0 Å². The van der Waals surface area contributed by atoms with E-state index in [1.54, 1.807) is 30.5 Å². The number of halogens is 2. The quantitative estimate of drug-likeness (QED) is 0.727. The molecule has 3 heterocycles. The van der Waals surface area contributed by atoms with Gasteiger partial charge in [0.15, 0.2) is 11.5 Å². The molecule has 0 aliphatic carbocycles. The normalized spacial score (nSPS) is 16.3. The zero-order valence-electron chi connectivity index (χ0n) is 14.8. The Hall–Kier alpha value is -3.13. The maximum atomic E-state index is 13.7. The lowest BCUT2D eigenvalue weighted by Gasteiger charge is -2.12. The second kappa shape index (κ2) is 7.85. The molecule has 0 bridgehead atoms. The highest BCUT2D eigenvalue weighted by Gasteiger charge is 2.18. The van der Waals surface area contributed by atoms with E-state index in [2.05, 4.69) is 15.3 Å². The highest BCUT2D eigenvalue weighted by atomic mass is 19.1. The summed E-state index contributed by atoms with van der Waals surface area (Å²) in [6.45, 7) is 1.97. The molecule has 0 radical (unpaired) electrons. The molecule has 0 spiro atoms. The van der Waals surface area contributed by atoms with Crippen molar-refractivity contribution in [1.29, 1.82) is 0 Å². The van der Waals surface area contributed by atoms with E-state index in [-0.39, 0.29) is 0 Å². The molecule has 1 aliphatic rings. The van der Waals surface area contributed by atoms with Gasteiger partial charge >= 0.3 is 0 Å². The minimum absolute atomic E-state index is 0.355.